The first kappa shape index (κ1) is 29.7. The number of furan rings is 1. The largest absolute Gasteiger partial charge is 0.493 e. The lowest BCUT2D eigenvalue weighted by molar-refractivity contribution is -0.122. The number of carbonyl (C=O) groups excluding carboxylic acids is 1. The van der Waals surface area contributed by atoms with Crippen LogP contribution >= 0.6 is 11.8 Å². The number of hydrogen-bond donors (Lipinski definition) is 0. The van der Waals surface area contributed by atoms with Gasteiger partial charge >= 0.3 is 0 Å². The molecule has 8 nitrogen and oxygen atoms in total. The van der Waals surface area contributed by atoms with Gasteiger partial charge in [0.25, 0.3) is 5.91 Å². The third kappa shape index (κ3) is 8.17. The first-order valence-corrected chi connectivity index (χ1v) is 14.7. The van der Waals surface area contributed by atoms with Crippen molar-refractivity contribution >= 4 is 35.1 Å². The molecule has 1 aromatic heterocycles. The molecule has 0 saturated carbocycles. The molecule has 4 aromatic rings. The number of benzene rings is 3. The van der Waals surface area contributed by atoms with E-state index in [4.69, 9.17) is 18.6 Å². The van der Waals surface area contributed by atoms with E-state index in [0.717, 1.165) is 22.4 Å². The predicted molar refractivity (Wildman–Crippen MR) is 170 cm³/mol. The van der Waals surface area contributed by atoms with Gasteiger partial charge in [0.05, 0.1) is 37.6 Å². The number of ether oxygens (including phenoxy) is 3. The fraction of sp³-hybridized carbons (Fsp3) is 0.206. The molecule has 3 aromatic carbocycles. The fourth-order valence-corrected chi connectivity index (χ4v) is 5.09. The number of rotatable bonds is 12. The quantitative estimate of drug-likeness (QED) is 0.0963. The lowest BCUT2D eigenvalue weighted by Crippen LogP contribution is -2.28. The topological polar surface area (TPSA) is 85.9 Å². The summed E-state index contributed by atoms with van der Waals surface area (Å²) in [5, 5.41) is 9.18. The van der Waals surface area contributed by atoms with Gasteiger partial charge < -0.3 is 18.6 Å². The van der Waals surface area contributed by atoms with Gasteiger partial charge in [0.1, 0.15) is 18.1 Å². The molecule has 1 aliphatic rings. The van der Waals surface area contributed by atoms with Gasteiger partial charge in [-0.3, -0.25) is 9.69 Å². The van der Waals surface area contributed by atoms with E-state index in [-0.39, 0.29) is 12.5 Å². The number of hydrogen-bond acceptors (Lipinski definition) is 8. The van der Waals surface area contributed by atoms with E-state index in [0.29, 0.717) is 46.5 Å². The Morgan fingerprint density at radius 3 is 2.56 bits per heavy atom. The summed E-state index contributed by atoms with van der Waals surface area (Å²) in [6, 6.07) is 26.8. The van der Waals surface area contributed by atoms with Gasteiger partial charge in [-0.05, 0) is 76.8 Å². The van der Waals surface area contributed by atoms with Crippen molar-refractivity contribution in [2.24, 2.45) is 16.1 Å². The van der Waals surface area contributed by atoms with E-state index >= 15 is 0 Å². The minimum absolute atomic E-state index is 0.189. The van der Waals surface area contributed by atoms with Crippen molar-refractivity contribution in [3.63, 3.8) is 0 Å². The van der Waals surface area contributed by atoms with E-state index in [2.05, 4.69) is 24.1 Å². The highest BCUT2D eigenvalue weighted by atomic mass is 32.2. The summed E-state index contributed by atoms with van der Waals surface area (Å²) >= 11 is 1.25. The van der Waals surface area contributed by atoms with Crippen LogP contribution in [0.25, 0.3) is 6.08 Å². The Bertz CT molecular complexity index is 1610. The highest BCUT2D eigenvalue weighted by Gasteiger charge is 2.34. The molecule has 1 amide bonds. The van der Waals surface area contributed by atoms with Crippen LogP contribution in [-0.2, 0) is 17.9 Å². The molecular formula is C34H33N3O5S. The molecule has 0 aliphatic carbocycles. The number of amides is 1. The second kappa shape index (κ2) is 14.4. The normalized spacial score (nSPS) is 15.3. The first-order chi connectivity index (χ1) is 21.0. The molecule has 43 heavy (non-hydrogen) atoms. The molecule has 0 unspecified atom stereocenters. The van der Waals surface area contributed by atoms with Crippen molar-refractivity contribution in [2.45, 2.75) is 27.0 Å². The van der Waals surface area contributed by atoms with Crippen molar-refractivity contribution in [1.82, 2.24) is 4.90 Å². The van der Waals surface area contributed by atoms with Gasteiger partial charge in [-0.2, -0.15) is 5.10 Å². The van der Waals surface area contributed by atoms with Crippen LogP contribution in [0, 0.1) is 5.92 Å². The monoisotopic (exact) mass is 595 g/mol. The molecular weight excluding hydrogens is 562 g/mol. The maximum Gasteiger partial charge on any atom is 0.267 e. The third-order valence-corrected chi connectivity index (χ3v) is 7.29. The van der Waals surface area contributed by atoms with Crippen molar-refractivity contribution in [3.8, 4) is 17.2 Å². The summed E-state index contributed by atoms with van der Waals surface area (Å²) in [4.78, 5) is 15.6. The van der Waals surface area contributed by atoms with Gasteiger partial charge in [0.15, 0.2) is 16.7 Å². The Morgan fingerprint density at radius 2 is 1.79 bits per heavy atom. The van der Waals surface area contributed by atoms with Crippen molar-refractivity contribution in [2.75, 3.05) is 13.7 Å². The minimum Gasteiger partial charge on any atom is -0.493 e. The van der Waals surface area contributed by atoms with E-state index in [1.54, 1.807) is 30.6 Å². The lowest BCUT2D eigenvalue weighted by Gasteiger charge is -2.13. The van der Waals surface area contributed by atoms with Gasteiger partial charge in [-0.15, -0.1) is 5.10 Å². The van der Waals surface area contributed by atoms with Crippen LogP contribution in [0.2, 0.25) is 0 Å². The fourth-order valence-electron chi connectivity index (χ4n) is 4.15. The Balaban J connectivity index is 1.34. The smallest absolute Gasteiger partial charge is 0.267 e. The zero-order valence-electron chi connectivity index (χ0n) is 24.3. The summed E-state index contributed by atoms with van der Waals surface area (Å²) in [7, 11) is 1.60. The lowest BCUT2D eigenvalue weighted by atomic mass is 10.1. The molecule has 0 radical (unpaired) electrons. The Labute approximate surface area is 255 Å². The second-order valence-electron chi connectivity index (χ2n) is 10.2. The summed E-state index contributed by atoms with van der Waals surface area (Å²) < 4.78 is 22.9. The van der Waals surface area contributed by atoms with Crippen molar-refractivity contribution in [1.29, 1.82) is 0 Å². The molecule has 9 heteroatoms. The Kier molecular flexibility index (Phi) is 9.97. The molecule has 1 fully saturated rings. The molecule has 2 heterocycles. The molecule has 0 atom stereocenters. The number of methoxy groups -OCH3 is 1. The van der Waals surface area contributed by atoms with Crippen LogP contribution < -0.4 is 14.2 Å². The van der Waals surface area contributed by atoms with Crippen molar-refractivity contribution < 1.29 is 23.4 Å². The maximum absolute atomic E-state index is 13.5. The summed E-state index contributed by atoms with van der Waals surface area (Å²) in [5.74, 6) is 2.83. The zero-order valence-corrected chi connectivity index (χ0v) is 25.1. The van der Waals surface area contributed by atoms with Crippen LogP contribution in [0.3, 0.4) is 0 Å². The van der Waals surface area contributed by atoms with Crippen LogP contribution in [0.4, 0.5) is 0 Å². The predicted octanol–water partition coefficient (Wildman–Crippen LogP) is 7.41. The second-order valence-corrected chi connectivity index (χ2v) is 11.2. The average Bonchev–Trinajstić information content (AvgIpc) is 3.64. The van der Waals surface area contributed by atoms with E-state index in [9.17, 15) is 4.79 Å². The highest BCUT2D eigenvalue weighted by molar-refractivity contribution is 8.18. The summed E-state index contributed by atoms with van der Waals surface area (Å²) in [6.45, 7) is 5.46. The number of amidine groups is 1. The zero-order chi connectivity index (χ0) is 30.0. The number of nitrogens with zero attached hydrogens (tertiary/aromatic N) is 3. The maximum atomic E-state index is 13.5. The summed E-state index contributed by atoms with van der Waals surface area (Å²) in [6.07, 6.45) is 5.04. The molecule has 5 rings (SSSR count). The van der Waals surface area contributed by atoms with Gasteiger partial charge in [-0.25, -0.2) is 0 Å². The first-order valence-electron chi connectivity index (χ1n) is 13.9. The minimum atomic E-state index is -0.189. The van der Waals surface area contributed by atoms with Crippen LogP contribution in [0.1, 0.15) is 36.3 Å². The third-order valence-electron chi connectivity index (χ3n) is 6.30. The Morgan fingerprint density at radius 1 is 0.930 bits per heavy atom. The Hall–Kier alpha value is -4.76. The molecule has 0 N–H and O–H groups in total. The number of carbonyl (C=O) groups is 1. The highest BCUT2D eigenvalue weighted by Crippen LogP contribution is 2.36. The van der Waals surface area contributed by atoms with E-state index in [1.165, 1.54) is 11.8 Å². The van der Waals surface area contributed by atoms with E-state index in [1.807, 2.05) is 84.9 Å². The van der Waals surface area contributed by atoms with Gasteiger partial charge in [0.2, 0.25) is 0 Å². The van der Waals surface area contributed by atoms with Crippen LogP contribution in [0.15, 0.2) is 111 Å². The standard InChI is InChI=1S/C34H33N3O5S/c1-24(2)22-42-30-15-14-26(18-31(30)39-3)19-32-33(38)37(21-29-13-8-16-40-29)34(43-32)36-35-20-27-11-7-12-28(17-27)41-23-25-9-5-4-6-10-25/h4-20,24H,21-23H2,1-3H3/b32-19-,35-20+,36-34-. The van der Waals surface area contributed by atoms with Crippen LogP contribution in [0.5, 0.6) is 17.2 Å². The SMILES string of the molecule is COc1cc(/C=C2\S/C(=N\N=C\c3cccc(OCc4ccccc4)c3)N(Cc3ccco3)C2=O)ccc1OCC(C)C. The molecule has 0 spiro atoms. The van der Waals surface area contributed by atoms with Gasteiger partial charge in [0, 0.05) is 0 Å². The van der Waals surface area contributed by atoms with Crippen molar-refractivity contribution in [3.05, 3.63) is 119 Å². The average molecular weight is 596 g/mol. The molecule has 1 saturated heterocycles. The van der Waals surface area contributed by atoms with Crippen LogP contribution in [-0.4, -0.2) is 35.9 Å². The molecule has 220 valence electrons. The van der Waals surface area contributed by atoms with E-state index < -0.39 is 0 Å². The molecule has 0 bridgehead atoms. The number of thioether (sulfide) groups is 1. The summed E-state index contributed by atoms with van der Waals surface area (Å²) in [5.41, 5.74) is 2.72. The van der Waals surface area contributed by atoms with Gasteiger partial charge in [-0.1, -0.05) is 62.4 Å². The molecule has 1 aliphatic heterocycles.